The SMILES string of the molecule is CCCC(C(N)=NO)N1CCN(C2CCCC2)CC1. The van der Waals surface area contributed by atoms with Crippen LogP contribution in [0.1, 0.15) is 45.4 Å². The van der Waals surface area contributed by atoms with Crippen molar-refractivity contribution in [1.82, 2.24) is 9.80 Å². The van der Waals surface area contributed by atoms with Gasteiger partial charge in [0.25, 0.3) is 0 Å². The summed E-state index contributed by atoms with van der Waals surface area (Å²) < 4.78 is 0. The molecule has 0 aromatic heterocycles. The summed E-state index contributed by atoms with van der Waals surface area (Å²) in [5.41, 5.74) is 5.84. The van der Waals surface area contributed by atoms with Crippen LogP contribution in [0.15, 0.2) is 5.16 Å². The van der Waals surface area contributed by atoms with Gasteiger partial charge in [0.05, 0.1) is 6.04 Å². The van der Waals surface area contributed by atoms with Gasteiger partial charge in [-0.05, 0) is 19.3 Å². The molecule has 0 radical (unpaired) electrons. The smallest absolute Gasteiger partial charge is 0.156 e. The van der Waals surface area contributed by atoms with E-state index in [0.717, 1.165) is 45.1 Å². The molecule has 1 aliphatic heterocycles. The van der Waals surface area contributed by atoms with E-state index in [0.29, 0.717) is 5.84 Å². The molecule has 19 heavy (non-hydrogen) atoms. The Labute approximate surface area is 116 Å². The van der Waals surface area contributed by atoms with Crippen LogP contribution in [0.3, 0.4) is 0 Å². The molecular weight excluding hydrogens is 240 g/mol. The van der Waals surface area contributed by atoms with Crippen LogP contribution in [0.4, 0.5) is 0 Å². The highest BCUT2D eigenvalue weighted by Gasteiger charge is 2.30. The molecule has 0 aromatic carbocycles. The number of hydrogen-bond acceptors (Lipinski definition) is 4. The number of hydrogen-bond donors (Lipinski definition) is 2. The molecule has 1 saturated heterocycles. The summed E-state index contributed by atoms with van der Waals surface area (Å²) in [5, 5.41) is 12.1. The van der Waals surface area contributed by atoms with E-state index in [1.807, 2.05) is 0 Å². The number of oxime groups is 1. The standard InChI is InChI=1S/C14H28N4O/c1-2-5-13(14(15)16-19)18-10-8-17(9-11-18)12-6-3-4-7-12/h12-13,19H,2-11H2,1H3,(H2,15,16). The molecule has 5 heteroatoms. The van der Waals surface area contributed by atoms with E-state index in [1.54, 1.807) is 0 Å². The van der Waals surface area contributed by atoms with Crippen LogP contribution in [0.25, 0.3) is 0 Å². The fraction of sp³-hybridized carbons (Fsp3) is 0.929. The van der Waals surface area contributed by atoms with Crippen LogP contribution in [0.5, 0.6) is 0 Å². The summed E-state index contributed by atoms with van der Waals surface area (Å²) in [4.78, 5) is 5.02. The van der Waals surface area contributed by atoms with Crippen molar-refractivity contribution >= 4 is 5.84 Å². The zero-order valence-corrected chi connectivity index (χ0v) is 12.1. The van der Waals surface area contributed by atoms with Gasteiger partial charge in [-0.1, -0.05) is 31.3 Å². The minimum Gasteiger partial charge on any atom is -0.409 e. The highest BCUT2D eigenvalue weighted by Crippen LogP contribution is 2.24. The van der Waals surface area contributed by atoms with Gasteiger partial charge in [0, 0.05) is 32.2 Å². The zero-order valence-electron chi connectivity index (χ0n) is 12.1. The van der Waals surface area contributed by atoms with Crippen molar-refractivity contribution in [1.29, 1.82) is 0 Å². The van der Waals surface area contributed by atoms with Crippen LogP contribution in [-0.2, 0) is 0 Å². The Morgan fingerprint density at radius 1 is 1.26 bits per heavy atom. The fourth-order valence-corrected chi connectivity index (χ4v) is 3.54. The number of rotatable bonds is 5. The van der Waals surface area contributed by atoms with Gasteiger partial charge in [0.15, 0.2) is 5.84 Å². The van der Waals surface area contributed by atoms with Gasteiger partial charge in [0.1, 0.15) is 0 Å². The second kappa shape index (κ2) is 7.10. The van der Waals surface area contributed by atoms with Crippen molar-refractivity contribution in [2.45, 2.75) is 57.5 Å². The van der Waals surface area contributed by atoms with Gasteiger partial charge in [-0.25, -0.2) is 0 Å². The van der Waals surface area contributed by atoms with Gasteiger partial charge in [0.2, 0.25) is 0 Å². The molecule has 0 spiro atoms. The van der Waals surface area contributed by atoms with Crippen molar-refractivity contribution in [3.8, 4) is 0 Å². The molecule has 0 aromatic rings. The van der Waals surface area contributed by atoms with Crippen LogP contribution >= 0.6 is 0 Å². The third kappa shape index (κ3) is 3.60. The summed E-state index contributed by atoms with van der Waals surface area (Å²) in [7, 11) is 0. The van der Waals surface area contributed by atoms with E-state index in [4.69, 9.17) is 10.9 Å². The molecule has 0 amide bonds. The maximum Gasteiger partial charge on any atom is 0.156 e. The molecular formula is C14H28N4O. The Hall–Kier alpha value is -0.810. The highest BCUT2D eigenvalue weighted by molar-refractivity contribution is 5.85. The van der Waals surface area contributed by atoms with E-state index in [9.17, 15) is 0 Å². The largest absolute Gasteiger partial charge is 0.409 e. The maximum absolute atomic E-state index is 8.91. The highest BCUT2D eigenvalue weighted by atomic mass is 16.4. The Morgan fingerprint density at radius 2 is 1.89 bits per heavy atom. The third-order valence-corrected chi connectivity index (χ3v) is 4.65. The van der Waals surface area contributed by atoms with Crippen molar-refractivity contribution < 1.29 is 5.21 Å². The Morgan fingerprint density at radius 3 is 2.42 bits per heavy atom. The fourth-order valence-electron chi connectivity index (χ4n) is 3.54. The second-order valence-corrected chi connectivity index (χ2v) is 5.84. The lowest BCUT2D eigenvalue weighted by Gasteiger charge is -2.41. The average molecular weight is 268 g/mol. The molecule has 0 bridgehead atoms. The summed E-state index contributed by atoms with van der Waals surface area (Å²) in [6, 6.07) is 0.927. The lowest BCUT2D eigenvalue weighted by atomic mass is 10.1. The summed E-state index contributed by atoms with van der Waals surface area (Å²) in [6.45, 7) is 6.48. The van der Waals surface area contributed by atoms with Crippen molar-refractivity contribution in [2.75, 3.05) is 26.2 Å². The van der Waals surface area contributed by atoms with Gasteiger partial charge in [-0.2, -0.15) is 0 Å². The topological polar surface area (TPSA) is 65.1 Å². The van der Waals surface area contributed by atoms with Crippen LogP contribution < -0.4 is 5.73 Å². The first-order chi connectivity index (χ1) is 9.26. The lowest BCUT2D eigenvalue weighted by molar-refractivity contribution is 0.0833. The van der Waals surface area contributed by atoms with E-state index >= 15 is 0 Å². The quantitative estimate of drug-likeness (QED) is 0.343. The predicted molar refractivity (Wildman–Crippen MR) is 77.5 cm³/mol. The van der Waals surface area contributed by atoms with E-state index in [2.05, 4.69) is 21.9 Å². The summed E-state index contributed by atoms with van der Waals surface area (Å²) >= 11 is 0. The monoisotopic (exact) mass is 268 g/mol. The maximum atomic E-state index is 8.91. The molecule has 1 unspecified atom stereocenters. The normalized spacial score (nSPS) is 25.8. The Bertz CT molecular complexity index is 294. The zero-order chi connectivity index (χ0) is 13.7. The van der Waals surface area contributed by atoms with Crippen molar-refractivity contribution in [3.63, 3.8) is 0 Å². The summed E-state index contributed by atoms with van der Waals surface area (Å²) in [6.07, 6.45) is 7.57. The molecule has 1 aliphatic carbocycles. The van der Waals surface area contributed by atoms with Gasteiger partial charge in [-0.3, -0.25) is 9.80 Å². The number of nitrogens with two attached hydrogens (primary N) is 1. The van der Waals surface area contributed by atoms with Gasteiger partial charge in [-0.15, -0.1) is 0 Å². The number of amidine groups is 1. The Kier molecular flexibility index (Phi) is 5.45. The molecule has 2 fully saturated rings. The predicted octanol–water partition coefficient (Wildman–Crippen LogP) is 1.46. The Balaban J connectivity index is 1.86. The first-order valence-corrected chi connectivity index (χ1v) is 7.71. The van der Waals surface area contributed by atoms with E-state index in [-0.39, 0.29) is 6.04 Å². The molecule has 110 valence electrons. The minimum absolute atomic E-state index is 0.112. The summed E-state index contributed by atoms with van der Waals surface area (Å²) in [5.74, 6) is 0.371. The van der Waals surface area contributed by atoms with Crippen LogP contribution in [-0.4, -0.2) is 59.1 Å². The van der Waals surface area contributed by atoms with E-state index in [1.165, 1.54) is 25.7 Å². The first-order valence-electron chi connectivity index (χ1n) is 7.71. The molecule has 1 atom stereocenters. The molecule has 1 heterocycles. The van der Waals surface area contributed by atoms with E-state index < -0.39 is 0 Å². The third-order valence-electron chi connectivity index (χ3n) is 4.65. The number of piperazine rings is 1. The second-order valence-electron chi connectivity index (χ2n) is 5.84. The van der Waals surface area contributed by atoms with Crippen molar-refractivity contribution in [3.05, 3.63) is 0 Å². The first kappa shape index (κ1) is 14.6. The molecule has 1 saturated carbocycles. The van der Waals surface area contributed by atoms with Crippen LogP contribution in [0.2, 0.25) is 0 Å². The molecule has 5 nitrogen and oxygen atoms in total. The van der Waals surface area contributed by atoms with Crippen LogP contribution in [0, 0.1) is 0 Å². The molecule has 3 N–H and O–H groups in total. The molecule has 2 rings (SSSR count). The number of nitrogens with zero attached hydrogens (tertiary/aromatic N) is 3. The minimum atomic E-state index is 0.112. The van der Waals surface area contributed by atoms with Crippen molar-refractivity contribution in [2.24, 2.45) is 10.9 Å². The average Bonchev–Trinajstić information content (AvgIpc) is 2.98. The lowest BCUT2D eigenvalue weighted by Crippen LogP contribution is -2.55. The molecule has 2 aliphatic rings. The van der Waals surface area contributed by atoms with Gasteiger partial charge < -0.3 is 10.9 Å². The van der Waals surface area contributed by atoms with Gasteiger partial charge >= 0.3 is 0 Å².